The summed E-state index contributed by atoms with van der Waals surface area (Å²) >= 11 is 0. The predicted octanol–water partition coefficient (Wildman–Crippen LogP) is -0.402. The summed E-state index contributed by atoms with van der Waals surface area (Å²) in [4.78, 5) is 18.9. The monoisotopic (exact) mass is 280 g/mol. The summed E-state index contributed by atoms with van der Waals surface area (Å²) in [7, 11) is 1.68. The van der Waals surface area contributed by atoms with Gasteiger partial charge >= 0.3 is 0 Å². The molecule has 8 heteroatoms. The van der Waals surface area contributed by atoms with Crippen LogP contribution in [0.1, 0.15) is 6.42 Å². The SMILES string of the molecule is COCCCNc1cnnc(N2CCN(C=O)CC2)n1. The number of methoxy groups -OCH3 is 1. The molecule has 0 atom stereocenters. The van der Waals surface area contributed by atoms with E-state index in [9.17, 15) is 4.79 Å². The number of aromatic nitrogens is 3. The second-order valence-corrected chi connectivity index (χ2v) is 4.54. The van der Waals surface area contributed by atoms with Gasteiger partial charge in [0.15, 0.2) is 5.82 Å². The first kappa shape index (κ1) is 14.4. The first-order chi connectivity index (χ1) is 9.83. The van der Waals surface area contributed by atoms with E-state index in [4.69, 9.17) is 4.74 Å². The standard InChI is InChI=1S/C12H20N6O2/c1-20-8-2-3-13-11-9-14-16-12(15-11)18-6-4-17(10-19)5-7-18/h9-10H,2-8H2,1H3,(H,13,15,16). The lowest BCUT2D eigenvalue weighted by Gasteiger charge is -2.32. The number of rotatable bonds is 7. The van der Waals surface area contributed by atoms with E-state index in [2.05, 4.69) is 20.5 Å². The van der Waals surface area contributed by atoms with Gasteiger partial charge in [0, 0.05) is 46.4 Å². The minimum Gasteiger partial charge on any atom is -0.385 e. The molecule has 0 spiro atoms. The van der Waals surface area contributed by atoms with Gasteiger partial charge in [0.05, 0.1) is 6.20 Å². The maximum absolute atomic E-state index is 10.7. The van der Waals surface area contributed by atoms with Crippen LogP contribution in [0.5, 0.6) is 0 Å². The summed E-state index contributed by atoms with van der Waals surface area (Å²) in [5.41, 5.74) is 0. The van der Waals surface area contributed by atoms with Gasteiger partial charge in [-0.3, -0.25) is 4.79 Å². The second kappa shape index (κ2) is 7.59. The Morgan fingerprint density at radius 2 is 2.20 bits per heavy atom. The molecule has 0 aliphatic carbocycles. The molecule has 1 fully saturated rings. The zero-order valence-electron chi connectivity index (χ0n) is 11.7. The highest BCUT2D eigenvalue weighted by Gasteiger charge is 2.18. The highest BCUT2D eigenvalue weighted by molar-refractivity contribution is 5.48. The number of piperazine rings is 1. The van der Waals surface area contributed by atoms with Crippen molar-refractivity contribution in [1.82, 2.24) is 20.1 Å². The molecule has 1 aliphatic rings. The molecule has 0 radical (unpaired) electrons. The fraction of sp³-hybridized carbons (Fsp3) is 0.667. The van der Waals surface area contributed by atoms with Crippen molar-refractivity contribution in [2.75, 3.05) is 56.7 Å². The van der Waals surface area contributed by atoms with Crippen molar-refractivity contribution < 1.29 is 9.53 Å². The number of nitrogens with zero attached hydrogens (tertiary/aromatic N) is 5. The number of ether oxygens (including phenoxy) is 1. The molecule has 110 valence electrons. The Kier molecular flexibility index (Phi) is 5.48. The van der Waals surface area contributed by atoms with Crippen LogP contribution in [-0.2, 0) is 9.53 Å². The van der Waals surface area contributed by atoms with Crippen molar-refractivity contribution in [3.63, 3.8) is 0 Å². The van der Waals surface area contributed by atoms with Crippen molar-refractivity contribution in [3.05, 3.63) is 6.20 Å². The summed E-state index contributed by atoms with van der Waals surface area (Å²) < 4.78 is 4.99. The Bertz CT molecular complexity index is 422. The molecule has 2 rings (SSSR count). The van der Waals surface area contributed by atoms with E-state index in [0.29, 0.717) is 31.5 Å². The van der Waals surface area contributed by atoms with Gasteiger partial charge in [-0.25, -0.2) is 0 Å². The Balaban J connectivity index is 1.87. The van der Waals surface area contributed by atoms with Crippen molar-refractivity contribution in [1.29, 1.82) is 0 Å². The van der Waals surface area contributed by atoms with E-state index in [1.165, 1.54) is 0 Å². The third-order valence-electron chi connectivity index (χ3n) is 3.13. The van der Waals surface area contributed by atoms with E-state index >= 15 is 0 Å². The molecule has 1 aromatic rings. The van der Waals surface area contributed by atoms with Crippen LogP contribution in [0.4, 0.5) is 11.8 Å². The van der Waals surface area contributed by atoms with Crippen LogP contribution in [0.2, 0.25) is 0 Å². The van der Waals surface area contributed by atoms with E-state index in [1.807, 2.05) is 4.90 Å². The summed E-state index contributed by atoms with van der Waals surface area (Å²) in [6.07, 6.45) is 3.40. The molecule has 1 aliphatic heterocycles. The molecule has 0 unspecified atom stereocenters. The maximum atomic E-state index is 10.7. The minimum atomic E-state index is 0.604. The number of hydrogen-bond acceptors (Lipinski definition) is 7. The Hall–Kier alpha value is -1.96. The van der Waals surface area contributed by atoms with Gasteiger partial charge in [-0.1, -0.05) is 0 Å². The van der Waals surface area contributed by atoms with Crippen LogP contribution >= 0.6 is 0 Å². The maximum Gasteiger partial charge on any atom is 0.247 e. The molecule has 1 aromatic heterocycles. The third-order valence-corrected chi connectivity index (χ3v) is 3.13. The molecule has 20 heavy (non-hydrogen) atoms. The van der Waals surface area contributed by atoms with Gasteiger partial charge in [-0.2, -0.15) is 10.1 Å². The smallest absolute Gasteiger partial charge is 0.247 e. The predicted molar refractivity (Wildman–Crippen MR) is 74.7 cm³/mol. The van der Waals surface area contributed by atoms with E-state index in [-0.39, 0.29) is 0 Å². The lowest BCUT2D eigenvalue weighted by molar-refractivity contribution is -0.118. The average molecular weight is 280 g/mol. The average Bonchev–Trinajstić information content (AvgIpc) is 2.52. The van der Waals surface area contributed by atoms with Gasteiger partial charge in [-0.15, -0.1) is 5.10 Å². The van der Waals surface area contributed by atoms with Crippen LogP contribution in [-0.4, -0.2) is 72.9 Å². The first-order valence-corrected chi connectivity index (χ1v) is 6.70. The molecule has 0 saturated carbocycles. The van der Waals surface area contributed by atoms with Crippen molar-refractivity contribution in [2.24, 2.45) is 0 Å². The summed E-state index contributed by atoms with van der Waals surface area (Å²) in [6.45, 7) is 4.34. The number of nitrogens with one attached hydrogen (secondary N) is 1. The first-order valence-electron chi connectivity index (χ1n) is 6.70. The normalized spacial score (nSPS) is 15.2. The largest absolute Gasteiger partial charge is 0.385 e. The molecule has 1 N–H and O–H groups in total. The summed E-state index contributed by atoms with van der Waals surface area (Å²) in [5.74, 6) is 1.32. The molecule has 1 amide bonds. The van der Waals surface area contributed by atoms with Crippen LogP contribution < -0.4 is 10.2 Å². The minimum absolute atomic E-state index is 0.604. The summed E-state index contributed by atoms with van der Waals surface area (Å²) in [6, 6.07) is 0. The van der Waals surface area contributed by atoms with Crippen LogP contribution in [0.15, 0.2) is 6.20 Å². The Morgan fingerprint density at radius 3 is 2.90 bits per heavy atom. The van der Waals surface area contributed by atoms with Gasteiger partial charge in [0.2, 0.25) is 12.4 Å². The zero-order valence-corrected chi connectivity index (χ0v) is 11.7. The fourth-order valence-corrected chi connectivity index (χ4v) is 1.97. The lowest BCUT2D eigenvalue weighted by Crippen LogP contribution is -2.46. The fourth-order valence-electron chi connectivity index (χ4n) is 1.97. The second-order valence-electron chi connectivity index (χ2n) is 4.54. The van der Waals surface area contributed by atoms with Gasteiger partial charge in [0.1, 0.15) is 0 Å². The summed E-state index contributed by atoms with van der Waals surface area (Å²) in [5, 5.41) is 11.2. The third kappa shape index (κ3) is 4.02. The van der Waals surface area contributed by atoms with Crippen molar-refractivity contribution in [3.8, 4) is 0 Å². The highest BCUT2D eigenvalue weighted by Crippen LogP contribution is 2.11. The van der Waals surface area contributed by atoms with Crippen molar-refractivity contribution >= 4 is 18.2 Å². The molecule has 2 heterocycles. The number of carbonyl (C=O) groups excluding carboxylic acids is 1. The van der Waals surface area contributed by atoms with Gasteiger partial charge in [0.25, 0.3) is 0 Å². The number of carbonyl (C=O) groups is 1. The molecular formula is C12H20N6O2. The van der Waals surface area contributed by atoms with E-state index in [1.54, 1.807) is 18.2 Å². The lowest BCUT2D eigenvalue weighted by atomic mass is 10.3. The Labute approximate surface area is 118 Å². The van der Waals surface area contributed by atoms with E-state index in [0.717, 1.165) is 32.5 Å². The molecule has 8 nitrogen and oxygen atoms in total. The van der Waals surface area contributed by atoms with Gasteiger partial charge < -0.3 is 19.9 Å². The topological polar surface area (TPSA) is 83.5 Å². The number of anilines is 2. The van der Waals surface area contributed by atoms with Crippen molar-refractivity contribution in [2.45, 2.75) is 6.42 Å². The van der Waals surface area contributed by atoms with Crippen LogP contribution in [0, 0.1) is 0 Å². The quantitative estimate of drug-likeness (QED) is 0.537. The number of amides is 1. The van der Waals surface area contributed by atoms with Crippen LogP contribution in [0.3, 0.4) is 0 Å². The van der Waals surface area contributed by atoms with Gasteiger partial charge in [-0.05, 0) is 6.42 Å². The molecular weight excluding hydrogens is 260 g/mol. The zero-order chi connectivity index (χ0) is 14.2. The molecule has 1 saturated heterocycles. The molecule has 0 bridgehead atoms. The van der Waals surface area contributed by atoms with E-state index < -0.39 is 0 Å². The van der Waals surface area contributed by atoms with Crippen LogP contribution in [0.25, 0.3) is 0 Å². The molecule has 0 aromatic carbocycles. The Morgan fingerprint density at radius 1 is 1.40 bits per heavy atom. The number of hydrogen-bond donors (Lipinski definition) is 1. The highest BCUT2D eigenvalue weighted by atomic mass is 16.5.